The van der Waals surface area contributed by atoms with Crippen molar-refractivity contribution in [2.75, 3.05) is 13.7 Å². The van der Waals surface area contributed by atoms with E-state index in [0.29, 0.717) is 6.04 Å². The summed E-state index contributed by atoms with van der Waals surface area (Å²) >= 11 is 0. The van der Waals surface area contributed by atoms with Crippen LogP contribution in [0, 0.1) is 16.0 Å². The molecule has 1 aliphatic carbocycles. The van der Waals surface area contributed by atoms with Crippen LogP contribution in [-0.2, 0) is 6.54 Å². The molecular weight excluding hydrogens is 296 g/mol. The van der Waals surface area contributed by atoms with E-state index in [1.165, 1.54) is 56.6 Å². The van der Waals surface area contributed by atoms with Crippen molar-refractivity contribution in [3.8, 4) is 11.5 Å². The summed E-state index contributed by atoms with van der Waals surface area (Å²) in [4.78, 5) is 12.0. The van der Waals surface area contributed by atoms with Crippen LogP contribution in [0.15, 0.2) is 12.1 Å². The van der Waals surface area contributed by atoms with E-state index in [9.17, 15) is 15.2 Å². The van der Waals surface area contributed by atoms with E-state index >= 15 is 0 Å². The molecule has 23 heavy (non-hydrogen) atoms. The number of hydrogen-bond acceptors (Lipinski definition) is 4. The maximum Gasteiger partial charge on any atom is 0.265 e. The van der Waals surface area contributed by atoms with E-state index < -0.39 is 10.7 Å². The molecule has 1 unspecified atom stereocenters. The number of quaternary nitrogens is 1. The normalized spacial score (nSPS) is 27.3. The molecule has 1 aromatic rings. The van der Waals surface area contributed by atoms with Gasteiger partial charge in [-0.15, -0.1) is 0 Å². The smallest absolute Gasteiger partial charge is 0.265 e. The number of benzene rings is 1. The van der Waals surface area contributed by atoms with Gasteiger partial charge >= 0.3 is 0 Å². The standard InChI is InChI=1S/C17H24N2O4/c1-23-16-10-12(9-15(17(16)20)19(21)22)11-18-8-4-6-13-5-2-3-7-14(13)18/h9-10,13-14,20H,2-8,11H2,1H3/t13-,14-/m0/s1. The molecule has 1 aromatic carbocycles. The molecule has 0 amide bonds. The highest BCUT2D eigenvalue weighted by atomic mass is 16.6. The Kier molecular flexibility index (Phi) is 4.71. The Balaban J connectivity index is 1.84. The molecule has 1 saturated carbocycles. The minimum absolute atomic E-state index is 0.0748. The third kappa shape index (κ3) is 3.27. The van der Waals surface area contributed by atoms with Gasteiger partial charge in [-0.1, -0.05) is 6.42 Å². The lowest BCUT2D eigenvalue weighted by Crippen LogP contribution is -3.16. The van der Waals surface area contributed by atoms with E-state index in [2.05, 4.69) is 0 Å². The predicted molar refractivity (Wildman–Crippen MR) is 83.6 cm³/mol. The van der Waals surface area contributed by atoms with Crippen molar-refractivity contribution in [1.82, 2.24) is 0 Å². The van der Waals surface area contributed by atoms with Gasteiger partial charge in [-0.2, -0.15) is 0 Å². The van der Waals surface area contributed by atoms with Gasteiger partial charge in [0.2, 0.25) is 0 Å². The SMILES string of the molecule is COc1cc(C[NH+]2CCC[C@@H]3CCCC[C@@H]32)cc([N+](=O)[O-])c1[O-]. The van der Waals surface area contributed by atoms with Gasteiger partial charge < -0.3 is 14.7 Å². The molecule has 0 radical (unpaired) electrons. The van der Waals surface area contributed by atoms with Crippen LogP contribution in [-0.4, -0.2) is 24.6 Å². The van der Waals surface area contributed by atoms with Gasteiger partial charge in [0, 0.05) is 23.3 Å². The van der Waals surface area contributed by atoms with Crippen molar-refractivity contribution in [2.24, 2.45) is 5.92 Å². The zero-order chi connectivity index (χ0) is 16.4. The van der Waals surface area contributed by atoms with Crippen LogP contribution in [0.25, 0.3) is 0 Å². The number of rotatable bonds is 4. The topological polar surface area (TPSA) is 79.9 Å². The molecule has 6 heteroatoms. The molecule has 3 rings (SSSR count). The second kappa shape index (κ2) is 6.74. The van der Waals surface area contributed by atoms with E-state index in [1.807, 2.05) is 0 Å². The summed E-state index contributed by atoms with van der Waals surface area (Å²) in [6.45, 7) is 1.84. The minimum atomic E-state index is -0.634. The van der Waals surface area contributed by atoms with Gasteiger partial charge in [0.15, 0.2) is 0 Å². The first-order valence-electron chi connectivity index (χ1n) is 8.47. The van der Waals surface area contributed by atoms with Crippen LogP contribution >= 0.6 is 0 Å². The molecule has 3 atom stereocenters. The van der Waals surface area contributed by atoms with Crippen LogP contribution in [0.5, 0.6) is 11.5 Å². The lowest BCUT2D eigenvalue weighted by molar-refractivity contribution is -0.949. The molecule has 1 saturated heterocycles. The third-order valence-electron chi connectivity index (χ3n) is 5.45. The number of nitro benzene ring substituents is 1. The minimum Gasteiger partial charge on any atom is -0.865 e. The van der Waals surface area contributed by atoms with Crippen LogP contribution in [0.4, 0.5) is 5.69 Å². The fraction of sp³-hybridized carbons (Fsp3) is 0.647. The Bertz CT molecular complexity index is 588. The Morgan fingerprint density at radius 2 is 2.00 bits per heavy atom. The number of fused-ring (bicyclic) bond motifs is 1. The van der Waals surface area contributed by atoms with Gasteiger partial charge in [0.25, 0.3) is 5.69 Å². The Morgan fingerprint density at radius 3 is 2.74 bits per heavy atom. The number of nitrogens with zero attached hydrogens (tertiary/aromatic N) is 1. The highest BCUT2D eigenvalue weighted by Gasteiger charge is 2.36. The quantitative estimate of drug-likeness (QED) is 0.672. The fourth-order valence-electron chi connectivity index (χ4n) is 4.38. The number of nitrogens with one attached hydrogen (secondary N) is 1. The van der Waals surface area contributed by atoms with E-state index in [-0.39, 0.29) is 11.4 Å². The lowest BCUT2D eigenvalue weighted by Gasteiger charge is -2.41. The first-order valence-corrected chi connectivity index (χ1v) is 8.47. The molecule has 0 bridgehead atoms. The highest BCUT2D eigenvalue weighted by molar-refractivity contribution is 5.56. The number of methoxy groups -OCH3 is 1. The second-order valence-corrected chi connectivity index (χ2v) is 6.78. The van der Waals surface area contributed by atoms with Crippen molar-refractivity contribution in [3.63, 3.8) is 0 Å². The van der Waals surface area contributed by atoms with Crippen LogP contribution < -0.4 is 14.7 Å². The molecule has 1 N–H and O–H groups in total. The fourth-order valence-corrected chi connectivity index (χ4v) is 4.38. The summed E-state index contributed by atoms with van der Waals surface area (Å²) in [6, 6.07) is 3.77. The maximum atomic E-state index is 11.9. The van der Waals surface area contributed by atoms with Crippen molar-refractivity contribution in [1.29, 1.82) is 0 Å². The van der Waals surface area contributed by atoms with Crippen molar-refractivity contribution >= 4 is 5.69 Å². The van der Waals surface area contributed by atoms with Gasteiger partial charge in [-0.05, 0) is 38.2 Å². The highest BCUT2D eigenvalue weighted by Crippen LogP contribution is 2.34. The van der Waals surface area contributed by atoms with Crippen molar-refractivity contribution < 1.29 is 19.7 Å². The van der Waals surface area contributed by atoms with E-state index in [0.717, 1.165) is 24.6 Å². The second-order valence-electron chi connectivity index (χ2n) is 6.78. The first kappa shape index (κ1) is 16.1. The van der Waals surface area contributed by atoms with Gasteiger partial charge in [-0.3, -0.25) is 10.1 Å². The zero-order valence-electron chi connectivity index (χ0n) is 13.5. The summed E-state index contributed by atoms with van der Waals surface area (Å²) < 4.78 is 5.05. The van der Waals surface area contributed by atoms with Gasteiger partial charge in [-0.25, -0.2) is 0 Å². The molecule has 0 spiro atoms. The number of hydrogen-bond donors (Lipinski definition) is 1. The predicted octanol–water partition coefficient (Wildman–Crippen LogP) is 1.41. The average molecular weight is 320 g/mol. The molecule has 126 valence electrons. The van der Waals surface area contributed by atoms with Crippen LogP contribution in [0.2, 0.25) is 0 Å². The van der Waals surface area contributed by atoms with Gasteiger partial charge in [0.05, 0.1) is 24.6 Å². The zero-order valence-corrected chi connectivity index (χ0v) is 13.5. The molecule has 0 aromatic heterocycles. The summed E-state index contributed by atoms with van der Waals surface area (Å²) in [5.41, 5.74) is 0.449. The third-order valence-corrected chi connectivity index (χ3v) is 5.45. The van der Waals surface area contributed by atoms with E-state index in [4.69, 9.17) is 4.74 Å². The molecule has 2 fully saturated rings. The first-order chi connectivity index (χ1) is 11.1. The lowest BCUT2D eigenvalue weighted by atomic mass is 9.78. The Hall–Kier alpha value is -1.82. The molecular formula is C17H24N2O4. The number of likely N-dealkylation sites (tertiary alicyclic amines) is 1. The Morgan fingerprint density at radius 1 is 1.26 bits per heavy atom. The molecule has 2 aliphatic rings. The summed E-state index contributed by atoms with van der Waals surface area (Å²) in [5.74, 6) is 0.236. The summed E-state index contributed by atoms with van der Waals surface area (Å²) in [6.07, 6.45) is 7.72. The maximum absolute atomic E-state index is 11.9. The summed E-state index contributed by atoms with van der Waals surface area (Å²) in [7, 11) is 1.38. The molecule has 1 aliphatic heterocycles. The van der Waals surface area contributed by atoms with E-state index in [1.54, 1.807) is 6.07 Å². The van der Waals surface area contributed by atoms with Crippen molar-refractivity contribution in [2.45, 2.75) is 51.1 Å². The number of nitro groups is 1. The number of ether oxygens (including phenoxy) is 1. The molecule has 1 heterocycles. The largest absolute Gasteiger partial charge is 0.865 e. The number of piperidine rings is 1. The summed E-state index contributed by atoms with van der Waals surface area (Å²) in [5, 5.41) is 23.0. The van der Waals surface area contributed by atoms with Crippen molar-refractivity contribution in [3.05, 3.63) is 27.8 Å². The monoisotopic (exact) mass is 320 g/mol. The van der Waals surface area contributed by atoms with Gasteiger partial charge in [0.1, 0.15) is 12.3 Å². The average Bonchev–Trinajstić information content (AvgIpc) is 2.56. The van der Waals surface area contributed by atoms with Crippen LogP contribution in [0.1, 0.15) is 44.1 Å². The molecule has 6 nitrogen and oxygen atoms in total. The Labute approximate surface area is 136 Å². The van der Waals surface area contributed by atoms with Crippen LogP contribution in [0.3, 0.4) is 0 Å².